The molecular formula is C10H11F4NO. The van der Waals surface area contributed by atoms with Crippen LogP contribution >= 0.6 is 0 Å². The van der Waals surface area contributed by atoms with E-state index >= 15 is 0 Å². The largest absolute Gasteiger partial charge is 0.383 e. The summed E-state index contributed by atoms with van der Waals surface area (Å²) in [5.41, 5.74) is 0. The maximum Gasteiger partial charge on any atom is 0.383 e. The van der Waals surface area contributed by atoms with Crippen molar-refractivity contribution in [3.05, 3.63) is 0 Å². The molecule has 0 atom stereocenters. The van der Waals surface area contributed by atoms with Gasteiger partial charge in [0.05, 0.1) is 6.54 Å². The van der Waals surface area contributed by atoms with Crippen LogP contribution in [0.3, 0.4) is 0 Å². The predicted molar refractivity (Wildman–Crippen MR) is 49.1 cm³/mol. The number of carbonyl (C=O) groups excluding carboxylic acids is 1. The number of nitrogens with zero attached hydrogens (tertiary/aromatic N) is 1. The van der Waals surface area contributed by atoms with Crippen molar-refractivity contribution < 1.29 is 22.4 Å². The van der Waals surface area contributed by atoms with Crippen LogP contribution in [-0.2, 0) is 4.79 Å². The van der Waals surface area contributed by atoms with Gasteiger partial charge in [-0.15, -0.1) is 6.42 Å². The Kier molecular flexibility index (Phi) is 3.79. The molecule has 1 aliphatic carbocycles. The third-order valence-electron chi connectivity index (χ3n) is 2.30. The second-order valence-corrected chi connectivity index (χ2v) is 3.76. The molecular weight excluding hydrogens is 226 g/mol. The number of terminal acetylenes is 1. The molecule has 0 heterocycles. The molecule has 0 aliphatic heterocycles. The topological polar surface area (TPSA) is 20.3 Å². The molecule has 1 fully saturated rings. The van der Waals surface area contributed by atoms with Gasteiger partial charge in [0.25, 0.3) is 5.91 Å². The molecule has 6 heteroatoms. The SMILES string of the molecule is C#CCN(CC1CC1)C(=O)C(F)(F)C(F)F. The average molecular weight is 237 g/mol. The van der Waals surface area contributed by atoms with Crippen molar-refractivity contribution in [3.8, 4) is 12.3 Å². The van der Waals surface area contributed by atoms with Crippen LogP contribution < -0.4 is 0 Å². The summed E-state index contributed by atoms with van der Waals surface area (Å²) in [6.07, 6.45) is 2.53. The van der Waals surface area contributed by atoms with Crippen molar-refractivity contribution in [1.29, 1.82) is 0 Å². The first-order valence-electron chi connectivity index (χ1n) is 4.78. The first kappa shape index (κ1) is 12.8. The highest BCUT2D eigenvalue weighted by atomic mass is 19.3. The molecule has 2 nitrogen and oxygen atoms in total. The second kappa shape index (κ2) is 4.73. The average Bonchev–Trinajstić information content (AvgIpc) is 2.99. The van der Waals surface area contributed by atoms with Crippen LogP contribution in [0.1, 0.15) is 12.8 Å². The zero-order valence-corrected chi connectivity index (χ0v) is 8.43. The van der Waals surface area contributed by atoms with Crippen molar-refractivity contribution >= 4 is 5.91 Å². The number of rotatable bonds is 5. The van der Waals surface area contributed by atoms with Crippen LogP contribution in [0.4, 0.5) is 17.6 Å². The first-order chi connectivity index (χ1) is 7.39. The Bertz CT molecular complexity index is 306. The molecule has 1 rings (SSSR count). The van der Waals surface area contributed by atoms with E-state index in [2.05, 4.69) is 0 Å². The number of amides is 1. The molecule has 0 N–H and O–H groups in total. The van der Waals surface area contributed by atoms with Crippen molar-refractivity contribution in [2.45, 2.75) is 25.2 Å². The number of halogens is 4. The molecule has 1 saturated carbocycles. The quantitative estimate of drug-likeness (QED) is 0.527. The molecule has 90 valence electrons. The Labute approximate surface area is 90.6 Å². The molecule has 0 aromatic heterocycles. The summed E-state index contributed by atoms with van der Waals surface area (Å²) in [7, 11) is 0. The van der Waals surface area contributed by atoms with Gasteiger partial charge in [0, 0.05) is 6.54 Å². The summed E-state index contributed by atoms with van der Waals surface area (Å²) in [6.45, 7) is -0.330. The third-order valence-corrected chi connectivity index (χ3v) is 2.30. The van der Waals surface area contributed by atoms with E-state index in [1.165, 1.54) is 0 Å². The molecule has 0 aromatic carbocycles. The summed E-state index contributed by atoms with van der Waals surface area (Å²) in [4.78, 5) is 11.8. The van der Waals surface area contributed by atoms with Crippen molar-refractivity contribution in [3.63, 3.8) is 0 Å². The van der Waals surface area contributed by atoms with E-state index in [0.29, 0.717) is 4.90 Å². The van der Waals surface area contributed by atoms with Crippen LogP contribution in [0.15, 0.2) is 0 Å². The van der Waals surface area contributed by atoms with E-state index in [1.54, 1.807) is 0 Å². The van der Waals surface area contributed by atoms with Crippen molar-refractivity contribution in [2.75, 3.05) is 13.1 Å². The maximum atomic E-state index is 12.8. The minimum atomic E-state index is -4.65. The van der Waals surface area contributed by atoms with E-state index in [9.17, 15) is 22.4 Å². The highest BCUT2D eigenvalue weighted by molar-refractivity contribution is 5.84. The lowest BCUT2D eigenvalue weighted by molar-refractivity contribution is -0.180. The van der Waals surface area contributed by atoms with Crippen molar-refractivity contribution in [2.24, 2.45) is 5.92 Å². The van der Waals surface area contributed by atoms with E-state index in [-0.39, 0.29) is 19.0 Å². The molecule has 1 amide bonds. The maximum absolute atomic E-state index is 12.8. The second-order valence-electron chi connectivity index (χ2n) is 3.76. The van der Waals surface area contributed by atoms with Gasteiger partial charge in [-0.25, -0.2) is 8.78 Å². The standard InChI is InChI=1S/C10H11F4NO/c1-2-5-15(6-7-3-4-7)9(16)10(13,14)8(11)12/h1,7-8H,3-6H2. The Morgan fingerprint density at radius 1 is 1.50 bits per heavy atom. The van der Waals surface area contributed by atoms with E-state index in [4.69, 9.17) is 6.42 Å². The zero-order valence-electron chi connectivity index (χ0n) is 8.43. The van der Waals surface area contributed by atoms with Gasteiger partial charge in [-0.05, 0) is 18.8 Å². The fraction of sp³-hybridized carbons (Fsp3) is 0.700. The van der Waals surface area contributed by atoms with Crippen LogP contribution in [0.25, 0.3) is 0 Å². The lowest BCUT2D eigenvalue weighted by Crippen LogP contribution is -2.48. The van der Waals surface area contributed by atoms with Crippen LogP contribution in [0.2, 0.25) is 0 Å². The van der Waals surface area contributed by atoms with Crippen LogP contribution in [0, 0.1) is 18.3 Å². The Balaban J connectivity index is 2.69. The molecule has 0 spiro atoms. The molecule has 16 heavy (non-hydrogen) atoms. The van der Waals surface area contributed by atoms with Crippen molar-refractivity contribution in [1.82, 2.24) is 4.90 Å². The molecule has 0 unspecified atom stereocenters. The summed E-state index contributed by atoms with van der Waals surface area (Å²) < 4.78 is 49.5. The monoisotopic (exact) mass is 237 g/mol. The van der Waals surface area contributed by atoms with Gasteiger partial charge in [-0.3, -0.25) is 4.79 Å². The normalized spacial score (nSPS) is 16.0. The van der Waals surface area contributed by atoms with Gasteiger partial charge < -0.3 is 4.90 Å². The molecule has 0 bridgehead atoms. The summed E-state index contributed by atoms with van der Waals surface area (Å²) in [5.74, 6) is -4.39. The summed E-state index contributed by atoms with van der Waals surface area (Å²) in [5, 5.41) is 0. The van der Waals surface area contributed by atoms with E-state index < -0.39 is 18.3 Å². The van der Waals surface area contributed by atoms with Gasteiger partial charge >= 0.3 is 12.3 Å². The number of hydrogen-bond donors (Lipinski definition) is 0. The van der Waals surface area contributed by atoms with Gasteiger partial charge in [-0.2, -0.15) is 8.78 Å². The lowest BCUT2D eigenvalue weighted by atomic mass is 10.2. The fourth-order valence-corrected chi connectivity index (χ4v) is 1.25. The highest BCUT2D eigenvalue weighted by Crippen LogP contribution is 2.32. The number of alkyl halides is 4. The van der Waals surface area contributed by atoms with Crippen LogP contribution in [-0.4, -0.2) is 36.2 Å². The Morgan fingerprint density at radius 3 is 2.44 bits per heavy atom. The zero-order chi connectivity index (χ0) is 12.3. The van der Waals surface area contributed by atoms with Gasteiger partial charge in [-0.1, -0.05) is 5.92 Å². The smallest absolute Gasteiger partial charge is 0.326 e. The molecule has 0 saturated heterocycles. The minimum Gasteiger partial charge on any atom is -0.326 e. The molecule has 0 aromatic rings. The van der Waals surface area contributed by atoms with E-state index in [0.717, 1.165) is 12.8 Å². The highest BCUT2D eigenvalue weighted by Gasteiger charge is 2.51. The Hall–Kier alpha value is -1.25. The number of carbonyl (C=O) groups is 1. The third kappa shape index (κ3) is 2.87. The molecule has 0 radical (unpaired) electrons. The van der Waals surface area contributed by atoms with Gasteiger partial charge in [0.1, 0.15) is 0 Å². The van der Waals surface area contributed by atoms with Gasteiger partial charge in [0.15, 0.2) is 0 Å². The summed E-state index contributed by atoms with van der Waals surface area (Å²) >= 11 is 0. The number of hydrogen-bond acceptors (Lipinski definition) is 1. The molecule has 1 aliphatic rings. The Morgan fingerprint density at radius 2 is 2.06 bits per heavy atom. The first-order valence-corrected chi connectivity index (χ1v) is 4.78. The lowest BCUT2D eigenvalue weighted by Gasteiger charge is -2.24. The van der Waals surface area contributed by atoms with E-state index in [1.807, 2.05) is 5.92 Å². The van der Waals surface area contributed by atoms with Crippen LogP contribution in [0.5, 0.6) is 0 Å². The fourth-order valence-electron chi connectivity index (χ4n) is 1.25. The summed E-state index contributed by atoms with van der Waals surface area (Å²) in [6, 6.07) is 0. The minimum absolute atomic E-state index is 0.0331. The predicted octanol–water partition coefficient (Wildman–Crippen LogP) is 1.76. The van der Waals surface area contributed by atoms with Gasteiger partial charge in [0.2, 0.25) is 0 Å².